The zero-order valence-electron chi connectivity index (χ0n) is 8.17. The largest absolute Gasteiger partial charge is 0.393 e. The molecule has 0 aliphatic heterocycles. The van der Waals surface area contributed by atoms with Crippen LogP contribution in [0.1, 0.15) is 12.7 Å². The first-order valence-corrected chi connectivity index (χ1v) is 4.61. The summed E-state index contributed by atoms with van der Waals surface area (Å²) in [5, 5.41) is 3.25. The van der Waals surface area contributed by atoms with Crippen molar-refractivity contribution in [3.05, 3.63) is 11.0 Å². The SMILES string of the molecule is CCNc1nc(COC)nc(Cl)c1N. The van der Waals surface area contributed by atoms with Crippen molar-refractivity contribution < 1.29 is 4.74 Å². The molecule has 1 aromatic rings. The van der Waals surface area contributed by atoms with Crippen molar-refractivity contribution in [1.29, 1.82) is 0 Å². The van der Waals surface area contributed by atoms with Crippen molar-refractivity contribution in [1.82, 2.24) is 9.97 Å². The predicted molar refractivity (Wildman–Crippen MR) is 56.3 cm³/mol. The Labute approximate surface area is 87.6 Å². The lowest BCUT2D eigenvalue weighted by molar-refractivity contribution is 0.178. The van der Waals surface area contributed by atoms with E-state index < -0.39 is 0 Å². The lowest BCUT2D eigenvalue weighted by Gasteiger charge is -2.08. The van der Waals surface area contributed by atoms with Crippen LogP contribution in [0.5, 0.6) is 0 Å². The van der Waals surface area contributed by atoms with Gasteiger partial charge in [-0.05, 0) is 6.92 Å². The summed E-state index contributed by atoms with van der Waals surface area (Å²) >= 11 is 5.82. The lowest BCUT2D eigenvalue weighted by Crippen LogP contribution is -2.08. The molecule has 1 aromatic heterocycles. The van der Waals surface area contributed by atoms with Gasteiger partial charge in [0.05, 0.1) is 0 Å². The number of nitrogens with one attached hydrogen (secondary N) is 1. The fraction of sp³-hybridized carbons (Fsp3) is 0.500. The monoisotopic (exact) mass is 216 g/mol. The van der Waals surface area contributed by atoms with E-state index in [0.29, 0.717) is 23.9 Å². The standard InChI is InChI=1S/C8H13ClN4O/c1-3-11-8-6(10)7(9)12-5(13-8)4-14-2/h3-4,10H2,1-2H3,(H,11,12,13). The van der Waals surface area contributed by atoms with E-state index in [2.05, 4.69) is 15.3 Å². The molecule has 0 bridgehead atoms. The third kappa shape index (κ3) is 2.46. The highest BCUT2D eigenvalue weighted by atomic mass is 35.5. The van der Waals surface area contributed by atoms with Crippen molar-refractivity contribution in [2.24, 2.45) is 0 Å². The number of nitrogens with zero attached hydrogens (tertiary/aromatic N) is 2. The second kappa shape index (κ2) is 4.97. The van der Waals surface area contributed by atoms with E-state index in [1.807, 2.05) is 6.92 Å². The Morgan fingerprint density at radius 2 is 2.21 bits per heavy atom. The Hall–Kier alpha value is -1.07. The molecule has 0 aliphatic rings. The van der Waals surface area contributed by atoms with Crippen molar-refractivity contribution >= 4 is 23.1 Å². The Morgan fingerprint density at radius 3 is 2.79 bits per heavy atom. The third-order valence-electron chi connectivity index (χ3n) is 1.56. The maximum atomic E-state index is 5.82. The fourth-order valence-corrected chi connectivity index (χ4v) is 1.17. The molecule has 0 unspecified atom stereocenters. The van der Waals surface area contributed by atoms with Crippen LogP contribution in [0, 0.1) is 0 Å². The molecular formula is C8H13ClN4O. The number of ether oxygens (including phenoxy) is 1. The summed E-state index contributed by atoms with van der Waals surface area (Å²) in [6.07, 6.45) is 0. The number of nitrogens with two attached hydrogens (primary N) is 1. The van der Waals surface area contributed by atoms with Gasteiger partial charge in [0, 0.05) is 13.7 Å². The molecule has 78 valence electrons. The first-order valence-electron chi connectivity index (χ1n) is 4.23. The molecule has 6 heteroatoms. The van der Waals surface area contributed by atoms with Gasteiger partial charge >= 0.3 is 0 Å². The number of halogens is 1. The zero-order valence-corrected chi connectivity index (χ0v) is 8.93. The fourth-order valence-electron chi connectivity index (χ4n) is 0.981. The number of anilines is 2. The van der Waals surface area contributed by atoms with Crippen LogP contribution in [-0.4, -0.2) is 23.6 Å². The summed E-state index contributed by atoms with van der Waals surface area (Å²) in [6, 6.07) is 0. The number of rotatable bonds is 4. The third-order valence-corrected chi connectivity index (χ3v) is 1.85. The topological polar surface area (TPSA) is 73.1 Å². The molecular weight excluding hydrogens is 204 g/mol. The normalized spacial score (nSPS) is 10.2. The predicted octanol–water partition coefficient (Wildman–Crippen LogP) is 1.29. The highest BCUT2D eigenvalue weighted by molar-refractivity contribution is 6.32. The van der Waals surface area contributed by atoms with E-state index in [-0.39, 0.29) is 5.15 Å². The smallest absolute Gasteiger partial charge is 0.158 e. The van der Waals surface area contributed by atoms with Gasteiger partial charge in [-0.1, -0.05) is 11.6 Å². The Morgan fingerprint density at radius 1 is 1.50 bits per heavy atom. The van der Waals surface area contributed by atoms with E-state index >= 15 is 0 Å². The second-order valence-electron chi connectivity index (χ2n) is 2.66. The number of hydrogen-bond acceptors (Lipinski definition) is 5. The van der Waals surface area contributed by atoms with E-state index in [1.54, 1.807) is 7.11 Å². The molecule has 1 heterocycles. The van der Waals surface area contributed by atoms with Crippen LogP contribution in [0.4, 0.5) is 11.5 Å². The van der Waals surface area contributed by atoms with Gasteiger partial charge in [0.2, 0.25) is 0 Å². The van der Waals surface area contributed by atoms with Gasteiger partial charge in [-0.2, -0.15) is 0 Å². The van der Waals surface area contributed by atoms with Gasteiger partial charge in [0.15, 0.2) is 16.8 Å². The van der Waals surface area contributed by atoms with Crippen LogP contribution in [0.3, 0.4) is 0 Å². The second-order valence-corrected chi connectivity index (χ2v) is 3.01. The summed E-state index contributed by atoms with van der Waals surface area (Å²) in [5.74, 6) is 1.07. The molecule has 0 aliphatic carbocycles. The molecule has 0 saturated carbocycles. The number of aromatic nitrogens is 2. The molecule has 14 heavy (non-hydrogen) atoms. The quantitative estimate of drug-likeness (QED) is 0.742. The Bertz CT molecular complexity index is 318. The minimum Gasteiger partial charge on any atom is -0.393 e. The van der Waals surface area contributed by atoms with Crippen molar-refractivity contribution in [2.75, 3.05) is 24.7 Å². The van der Waals surface area contributed by atoms with Gasteiger partial charge in [0.1, 0.15) is 12.3 Å². The van der Waals surface area contributed by atoms with Gasteiger partial charge in [0.25, 0.3) is 0 Å². The maximum absolute atomic E-state index is 5.82. The van der Waals surface area contributed by atoms with Gasteiger partial charge in [-0.25, -0.2) is 9.97 Å². The molecule has 0 amide bonds. The Kier molecular flexibility index (Phi) is 3.91. The lowest BCUT2D eigenvalue weighted by atomic mass is 10.4. The molecule has 0 saturated heterocycles. The van der Waals surface area contributed by atoms with Crippen LogP contribution in [0.2, 0.25) is 5.15 Å². The average Bonchev–Trinajstić information content (AvgIpc) is 2.14. The molecule has 1 rings (SSSR count). The molecule has 0 atom stereocenters. The van der Waals surface area contributed by atoms with Gasteiger partial charge in [-0.15, -0.1) is 0 Å². The number of nitrogen functional groups attached to an aromatic ring is 1. The summed E-state index contributed by atoms with van der Waals surface area (Å²) in [7, 11) is 1.57. The van der Waals surface area contributed by atoms with E-state index in [4.69, 9.17) is 22.1 Å². The first kappa shape index (κ1) is 11.0. The highest BCUT2D eigenvalue weighted by Crippen LogP contribution is 2.23. The summed E-state index contributed by atoms with van der Waals surface area (Å²) in [5.41, 5.74) is 6.04. The molecule has 3 N–H and O–H groups in total. The number of hydrogen-bond donors (Lipinski definition) is 2. The van der Waals surface area contributed by atoms with E-state index in [0.717, 1.165) is 6.54 Å². The summed E-state index contributed by atoms with van der Waals surface area (Å²) in [4.78, 5) is 8.13. The maximum Gasteiger partial charge on any atom is 0.158 e. The first-order chi connectivity index (χ1) is 6.69. The van der Waals surface area contributed by atoms with Gasteiger partial charge in [-0.3, -0.25) is 0 Å². The van der Waals surface area contributed by atoms with Crippen LogP contribution in [0.25, 0.3) is 0 Å². The molecule has 0 spiro atoms. The van der Waals surface area contributed by atoms with Crippen LogP contribution in [0.15, 0.2) is 0 Å². The summed E-state index contributed by atoms with van der Waals surface area (Å²) in [6.45, 7) is 2.99. The van der Waals surface area contributed by atoms with Crippen molar-refractivity contribution in [2.45, 2.75) is 13.5 Å². The average molecular weight is 217 g/mol. The highest BCUT2D eigenvalue weighted by Gasteiger charge is 2.08. The molecule has 0 fully saturated rings. The van der Waals surface area contributed by atoms with E-state index in [1.165, 1.54) is 0 Å². The minimum absolute atomic E-state index is 0.253. The summed E-state index contributed by atoms with van der Waals surface area (Å²) < 4.78 is 4.90. The van der Waals surface area contributed by atoms with Crippen molar-refractivity contribution in [3.63, 3.8) is 0 Å². The van der Waals surface area contributed by atoms with E-state index in [9.17, 15) is 0 Å². The van der Waals surface area contributed by atoms with Crippen molar-refractivity contribution in [3.8, 4) is 0 Å². The van der Waals surface area contributed by atoms with Crippen LogP contribution < -0.4 is 11.1 Å². The molecule has 5 nitrogen and oxygen atoms in total. The minimum atomic E-state index is 0.253. The van der Waals surface area contributed by atoms with Crippen LogP contribution >= 0.6 is 11.6 Å². The molecule has 0 aromatic carbocycles. The van der Waals surface area contributed by atoms with Gasteiger partial charge < -0.3 is 15.8 Å². The zero-order chi connectivity index (χ0) is 10.6. The Balaban J connectivity index is 3.01. The van der Waals surface area contributed by atoms with Crippen LogP contribution in [-0.2, 0) is 11.3 Å². The molecule has 0 radical (unpaired) electrons. The number of methoxy groups -OCH3 is 1.